The minimum atomic E-state index is -0.417. The van der Waals surface area contributed by atoms with E-state index in [1.54, 1.807) is 12.3 Å². The van der Waals surface area contributed by atoms with Crippen LogP contribution >= 0.6 is 0 Å². The van der Waals surface area contributed by atoms with Crippen LogP contribution in [0.3, 0.4) is 0 Å². The van der Waals surface area contributed by atoms with E-state index in [4.69, 9.17) is 0 Å². The van der Waals surface area contributed by atoms with Crippen molar-refractivity contribution in [2.24, 2.45) is 10.8 Å². The Morgan fingerprint density at radius 2 is 1.50 bits per heavy atom. The van der Waals surface area contributed by atoms with Gasteiger partial charge in [0, 0.05) is 54.5 Å². The number of benzene rings is 4. The van der Waals surface area contributed by atoms with E-state index in [-0.39, 0.29) is 42.9 Å². The number of aliphatic hydroxyl groups excluding tert-OH is 1. The molecule has 42 heavy (non-hydrogen) atoms. The van der Waals surface area contributed by atoms with Gasteiger partial charge in [0.2, 0.25) is 0 Å². The fourth-order valence-corrected chi connectivity index (χ4v) is 4.44. The first-order chi connectivity index (χ1) is 19.3. The molecular formula is C37H37FIrNO2-. The molecule has 0 spiro atoms. The molecule has 1 heterocycles. The maximum Gasteiger partial charge on any atom is 0.164 e. The molecule has 1 aromatic heterocycles. The summed E-state index contributed by atoms with van der Waals surface area (Å²) in [6.45, 7) is 13.1. The van der Waals surface area contributed by atoms with Crippen LogP contribution in [0.1, 0.15) is 47.1 Å². The molecular weight excluding hydrogens is 702 g/mol. The summed E-state index contributed by atoms with van der Waals surface area (Å²) in [5.41, 5.74) is 3.31. The number of aryl methyl sites for hydroxylation is 1. The van der Waals surface area contributed by atoms with Crippen molar-refractivity contribution in [2.45, 2.75) is 48.5 Å². The SMILES string of the molecule is CC(C)(C)C(=O)/C=C(\O)C(C)(C)C.Cc1c(-c2ccccc2)c(F)cc2c(-c3[c-]c4ccccc4cc3)nccc12.[Ir]. The summed E-state index contributed by atoms with van der Waals surface area (Å²) in [7, 11) is 0. The molecule has 1 radical (unpaired) electrons. The monoisotopic (exact) mass is 739 g/mol. The van der Waals surface area contributed by atoms with E-state index in [0.717, 1.165) is 43.9 Å². The molecule has 0 aliphatic carbocycles. The molecule has 0 amide bonds. The number of halogens is 1. The minimum absolute atomic E-state index is 0. The van der Waals surface area contributed by atoms with Gasteiger partial charge in [0.15, 0.2) is 5.78 Å². The van der Waals surface area contributed by atoms with Gasteiger partial charge in [-0.05, 0) is 41.0 Å². The maximum atomic E-state index is 15.2. The number of carbonyl (C=O) groups is 1. The van der Waals surface area contributed by atoms with Crippen LogP contribution in [0.5, 0.6) is 0 Å². The van der Waals surface area contributed by atoms with E-state index in [2.05, 4.69) is 23.2 Å². The summed E-state index contributed by atoms with van der Waals surface area (Å²) >= 11 is 0. The number of carbonyl (C=O) groups excluding carboxylic acids is 1. The zero-order chi connectivity index (χ0) is 29.9. The average Bonchev–Trinajstić information content (AvgIpc) is 2.92. The molecule has 4 aromatic carbocycles. The van der Waals surface area contributed by atoms with Crippen LogP contribution in [0.25, 0.3) is 43.9 Å². The van der Waals surface area contributed by atoms with E-state index in [1.807, 2.05) is 109 Å². The largest absolute Gasteiger partial charge is 0.512 e. The van der Waals surface area contributed by atoms with Crippen LogP contribution in [0.4, 0.5) is 4.39 Å². The van der Waals surface area contributed by atoms with Gasteiger partial charge in [-0.3, -0.25) is 9.78 Å². The molecule has 0 bridgehead atoms. The second-order valence-corrected chi connectivity index (χ2v) is 12.3. The Morgan fingerprint density at radius 3 is 2.14 bits per heavy atom. The molecule has 5 heteroatoms. The molecule has 3 nitrogen and oxygen atoms in total. The number of fused-ring (bicyclic) bond motifs is 2. The summed E-state index contributed by atoms with van der Waals surface area (Å²) in [6, 6.07) is 28.8. The Hall–Kier alpha value is -3.66. The third-order valence-electron chi connectivity index (χ3n) is 7.03. The topological polar surface area (TPSA) is 50.2 Å². The van der Waals surface area contributed by atoms with Crippen LogP contribution in [0.2, 0.25) is 0 Å². The van der Waals surface area contributed by atoms with Crippen molar-refractivity contribution >= 4 is 27.3 Å². The van der Waals surface area contributed by atoms with Gasteiger partial charge in [0.05, 0.1) is 0 Å². The van der Waals surface area contributed by atoms with Crippen LogP contribution < -0.4 is 0 Å². The molecule has 0 aliphatic heterocycles. The quantitative estimate of drug-likeness (QED) is 0.114. The second-order valence-electron chi connectivity index (χ2n) is 12.3. The van der Waals surface area contributed by atoms with Crippen molar-refractivity contribution in [1.29, 1.82) is 0 Å². The van der Waals surface area contributed by atoms with Gasteiger partial charge in [-0.1, -0.05) is 101 Å². The van der Waals surface area contributed by atoms with Gasteiger partial charge in [-0.25, -0.2) is 4.39 Å². The molecule has 0 fully saturated rings. The zero-order valence-corrected chi connectivity index (χ0v) is 27.6. The number of nitrogens with zero attached hydrogens (tertiary/aromatic N) is 1. The van der Waals surface area contributed by atoms with Crippen molar-refractivity contribution in [1.82, 2.24) is 4.98 Å². The van der Waals surface area contributed by atoms with Crippen molar-refractivity contribution < 1.29 is 34.4 Å². The molecule has 0 saturated heterocycles. The summed E-state index contributed by atoms with van der Waals surface area (Å²) in [5, 5.41) is 13.5. The second kappa shape index (κ2) is 13.1. The molecule has 219 valence electrons. The Bertz CT molecular complexity index is 1750. The zero-order valence-electron chi connectivity index (χ0n) is 25.2. The summed E-state index contributed by atoms with van der Waals surface area (Å²) in [4.78, 5) is 16.1. The van der Waals surface area contributed by atoms with Gasteiger partial charge in [0.1, 0.15) is 11.6 Å². The Labute approximate surface area is 261 Å². The molecule has 0 atom stereocenters. The number of aliphatic hydroxyl groups is 1. The number of pyridine rings is 1. The summed E-state index contributed by atoms with van der Waals surface area (Å²) in [5.74, 6) is -0.126. The first-order valence-electron chi connectivity index (χ1n) is 13.8. The standard InChI is InChI=1S/C26H17FN.C11H20O2.Ir/c1-17-22-13-14-28-26(21-12-11-18-7-5-6-10-20(18)15-21)23(22)16-24(27)25(17)19-8-3-2-4-9-19;1-10(2,3)8(12)7-9(13)11(4,5)6;/h2-14,16H,1H3;7,12H,1-6H3;/q-1;;/b;8-7-;. The van der Waals surface area contributed by atoms with Gasteiger partial charge >= 0.3 is 0 Å². The predicted molar refractivity (Wildman–Crippen MR) is 168 cm³/mol. The van der Waals surface area contributed by atoms with Gasteiger partial charge in [0.25, 0.3) is 0 Å². The summed E-state index contributed by atoms with van der Waals surface area (Å²) in [6.07, 6.45) is 3.13. The number of aromatic nitrogens is 1. The van der Waals surface area contributed by atoms with E-state index < -0.39 is 5.41 Å². The summed E-state index contributed by atoms with van der Waals surface area (Å²) < 4.78 is 15.2. The molecule has 1 N–H and O–H groups in total. The maximum absolute atomic E-state index is 15.2. The fourth-order valence-electron chi connectivity index (χ4n) is 4.44. The van der Waals surface area contributed by atoms with E-state index >= 15 is 4.39 Å². The third kappa shape index (κ3) is 7.39. The molecule has 0 saturated carbocycles. The average molecular weight is 739 g/mol. The molecule has 5 aromatic rings. The van der Waals surface area contributed by atoms with Crippen molar-refractivity contribution in [3.8, 4) is 22.4 Å². The van der Waals surface area contributed by atoms with Crippen LogP contribution in [0.15, 0.2) is 96.9 Å². The first kappa shape index (κ1) is 32.8. The van der Waals surface area contributed by atoms with Gasteiger partial charge < -0.3 is 5.11 Å². The van der Waals surface area contributed by atoms with Crippen molar-refractivity contribution in [3.05, 3.63) is 114 Å². The number of hydrogen-bond acceptors (Lipinski definition) is 3. The normalized spacial score (nSPS) is 12.0. The van der Waals surface area contributed by atoms with Crippen LogP contribution in [-0.4, -0.2) is 15.9 Å². The van der Waals surface area contributed by atoms with E-state index in [9.17, 15) is 9.90 Å². The minimum Gasteiger partial charge on any atom is -0.512 e. The van der Waals surface area contributed by atoms with E-state index in [1.165, 1.54) is 6.08 Å². The van der Waals surface area contributed by atoms with Gasteiger partial charge in [-0.2, -0.15) is 0 Å². The first-order valence-corrected chi connectivity index (χ1v) is 13.8. The predicted octanol–water partition coefficient (Wildman–Crippen LogP) is 10.1. The number of hydrogen-bond donors (Lipinski definition) is 1. The van der Waals surface area contributed by atoms with Crippen molar-refractivity contribution in [3.63, 3.8) is 0 Å². The van der Waals surface area contributed by atoms with Crippen LogP contribution in [0, 0.1) is 29.6 Å². The van der Waals surface area contributed by atoms with E-state index in [0.29, 0.717) is 5.56 Å². The Kier molecular flexibility index (Phi) is 10.2. The smallest absolute Gasteiger partial charge is 0.164 e. The molecule has 0 aliphatic rings. The molecule has 5 rings (SSSR count). The fraction of sp³-hybridized carbons (Fsp3) is 0.243. The Morgan fingerprint density at radius 1 is 0.857 bits per heavy atom. The number of allylic oxidation sites excluding steroid dienone is 2. The number of ketones is 1. The van der Waals surface area contributed by atoms with Crippen LogP contribution in [-0.2, 0) is 24.9 Å². The molecule has 0 unspecified atom stereocenters. The van der Waals surface area contributed by atoms with Gasteiger partial charge in [-0.15, -0.1) is 29.7 Å². The third-order valence-corrected chi connectivity index (χ3v) is 7.03. The van der Waals surface area contributed by atoms with Crippen molar-refractivity contribution in [2.75, 3.05) is 0 Å². The Balaban J connectivity index is 0.000000297. The number of rotatable bonds is 3.